The first-order chi connectivity index (χ1) is 5.35. The van der Waals surface area contributed by atoms with Crippen molar-refractivity contribution in [2.75, 3.05) is 5.88 Å². The molecule has 0 aliphatic heterocycles. The van der Waals surface area contributed by atoms with Crippen molar-refractivity contribution in [3.05, 3.63) is 0 Å². The highest BCUT2D eigenvalue weighted by atomic mass is 35.5. The lowest BCUT2D eigenvalue weighted by molar-refractivity contribution is -0.111. The van der Waals surface area contributed by atoms with Crippen LogP contribution in [0.3, 0.4) is 0 Å². The lowest BCUT2D eigenvalue weighted by Crippen LogP contribution is -2.02. The van der Waals surface area contributed by atoms with Gasteiger partial charge in [-0.2, -0.15) is 0 Å². The van der Waals surface area contributed by atoms with E-state index < -0.39 is 0 Å². The van der Waals surface area contributed by atoms with E-state index >= 15 is 0 Å². The Kier molecular flexibility index (Phi) is 8.03. The number of carbonyl (C=O) groups excluding carboxylic acids is 1. The summed E-state index contributed by atoms with van der Waals surface area (Å²) in [6.45, 7) is 2.16. The molecule has 0 aliphatic carbocycles. The average Bonchev–Trinajstić information content (AvgIpc) is 2.03. The first-order valence-electron chi connectivity index (χ1n) is 4.36. The lowest BCUT2D eigenvalue weighted by Gasteiger charge is -2.06. The quantitative estimate of drug-likeness (QED) is 0.331. The Morgan fingerprint density at radius 2 is 2.09 bits per heavy atom. The fourth-order valence-corrected chi connectivity index (χ4v) is 1.36. The normalized spacial score (nSPS) is 12.9. The van der Waals surface area contributed by atoms with Crippen molar-refractivity contribution in [2.45, 2.75) is 39.0 Å². The summed E-state index contributed by atoms with van der Waals surface area (Å²) >= 11 is 5.53. The van der Waals surface area contributed by atoms with Crippen LogP contribution in [0.25, 0.3) is 0 Å². The van der Waals surface area contributed by atoms with E-state index in [2.05, 4.69) is 6.92 Å². The number of hydrogen-bond acceptors (Lipinski definition) is 1. The smallest absolute Gasteiger partial charge is 0.123 e. The molecular formula is C9H17ClO. The van der Waals surface area contributed by atoms with Crippen LogP contribution in [-0.4, -0.2) is 12.2 Å². The van der Waals surface area contributed by atoms with Gasteiger partial charge in [0, 0.05) is 11.8 Å². The molecule has 0 spiro atoms. The molecule has 1 unspecified atom stereocenters. The molecule has 0 aromatic heterocycles. The Balaban J connectivity index is 3.28. The van der Waals surface area contributed by atoms with Gasteiger partial charge in [0.2, 0.25) is 0 Å². The van der Waals surface area contributed by atoms with E-state index in [-0.39, 0.29) is 5.92 Å². The fraction of sp³-hybridized carbons (Fsp3) is 0.889. The number of hydrogen-bond donors (Lipinski definition) is 0. The third kappa shape index (κ3) is 6.36. The number of halogens is 1. The summed E-state index contributed by atoms with van der Waals surface area (Å²) in [7, 11) is 0. The third-order valence-electron chi connectivity index (χ3n) is 1.85. The molecule has 0 amide bonds. The first-order valence-corrected chi connectivity index (χ1v) is 4.89. The minimum Gasteiger partial charge on any atom is -0.303 e. The molecule has 0 bridgehead atoms. The Morgan fingerprint density at radius 1 is 1.36 bits per heavy atom. The van der Waals surface area contributed by atoms with Gasteiger partial charge in [0.1, 0.15) is 6.29 Å². The molecule has 0 saturated carbocycles. The van der Waals surface area contributed by atoms with E-state index in [1.165, 1.54) is 12.8 Å². The summed E-state index contributed by atoms with van der Waals surface area (Å²) in [5.41, 5.74) is 0. The zero-order chi connectivity index (χ0) is 8.53. The maximum atomic E-state index is 10.4. The van der Waals surface area contributed by atoms with Crippen LogP contribution >= 0.6 is 11.6 Å². The second kappa shape index (κ2) is 8.06. The number of rotatable bonds is 7. The molecule has 66 valence electrons. The predicted molar refractivity (Wildman–Crippen MR) is 49.0 cm³/mol. The van der Waals surface area contributed by atoms with Crippen LogP contribution in [0.2, 0.25) is 0 Å². The van der Waals surface area contributed by atoms with E-state index in [1.807, 2.05) is 0 Å². The van der Waals surface area contributed by atoms with Gasteiger partial charge in [-0.15, -0.1) is 11.6 Å². The summed E-state index contributed by atoms with van der Waals surface area (Å²) in [6.07, 6.45) is 6.51. The highest BCUT2D eigenvalue weighted by Gasteiger charge is 2.04. The van der Waals surface area contributed by atoms with Gasteiger partial charge < -0.3 is 4.79 Å². The zero-order valence-electron chi connectivity index (χ0n) is 7.18. The SMILES string of the molecule is CCCCCC(C=O)CCCl. The zero-order valence-corrected chi connectivity index (χ0v) is 7.94. The molecule has 0 N–H and O–H groups in total. The molecule has 11 heavy (non-hydrogen) atoms. The summed E-state index contributed by atoms with van der Waals surface area (Å²) in [6, 6.07) is 0. The Bertz CT molecular complexity index is 93.6. The van der Waals surface area contributed by atoms with Crippen molar-refractivity contribution >= 4 is 17.9 Å². The number of aldehydes is 1. The minimum absolute atomic E-state index is 0.207. The van der Waals surface area contributed by atoms with E-state index in [0.29, 0.717) is 5.88 Å². The minimum atomic E-state index is 0.207. The molecule has 0 rings (SSSR count). The Morgan fingerprint density at radius 3 is 2.55 bits per heavy atom. The molecule has 0 aromatic carbocycles. The summed E-state index contributed by atoms with van der Waals surface area (Å²) < 4.78 is 0. The highest BCUT2D eigenvalue weighted by molar-refractivity contribution is 6.17. The van der Waals surface area contributed by atoms with Crippen molar-refractivity contribution in [3.63, 3.8) is 0 Å². The summed E-state index contributed by atoms with van der Waals surface area (Å²) in [5, 5.41) is 0. The molecule has 0 fully saturated rings. The maximum absolute atomic E-state index is 10.4. The van der Waals surface area contributed by atoms with Gasteiger partial charge in [-0.05, 0) is 12.8 Å². The molecule has 0 aliphatic rings. The van der Waals surface area contributed by atoms with E-state index in [0.717, 1.165) is 25.5 Å². The molecule has 1 atom stereocenters. The van der Waals surface area contributed by atoms with Gasteiger partial charge in [-0.1, -0.05) is 26.2 Å². The molecule has 0 heterocycles. The van der Waals surface area contributed by atoms with Crippen molar-refractivity contribution in [1.82, 2.24) is 0 Å². The largest absolute Gasteiger partial charge is 0.303 e. The Hall–Kier alpha value is -0.0400. The summed E-state index contributed by atoms with van der Waals surface area (Å²) in [4.78, 5) is 10.4. The van der Waals surface area contributed by atoms with Gasteiger partial charge in [-0.25, -0.2) is 0 Å². The first kappa shape index (κ1) is 11.0. The van der Waals surface area contributed by atoms with Gasteiger partial charge in [0.15, 0.2) is 0 Å². The van der Waals surface area contributed by atoms with Crippen LogP contribution in [0, 0.1) is 5.92 Å². The fourth-order valence-electron chi connectivity index (χ4n) is 1.08. The number of unbranched alkanes of at least 4 members (excludes halogenated alkanes) is 2. The Labute approximate surface area is 74.1 Å². The standard InChI is InChI=1S/C9H17ClO/c1-2-3-4-5-9(8-11)6-7-10/h8-9H,2-7H2,1H3. The van der Waals surface area contributed by atoms with Crippen LogP contribution in [0.5, 0.6) is 0 Å². The second-order valence-corrected chi connectivity index (χ2v) is 3.25. The topological polar surface area (TPSA) is 17.1 Å². The van der Waals surface area contributed by atoms with Crippen LogP contribution < -0.4 is 0 Å². The molecule has 0 aromatic rings. The number of alkyl halides is 1. The van der Waals surface area contributed by atoms with E-state index in [4.69, 9.17) is 11.6 Å². The molecule has 1 nitrogen and oxygen atoms in total. The lowest BCUT2D eigenvalue weighted by atomic mass is 10.0. The predicted octanol–water partition coefficient (Wildman–Crippen LogP) is 3.01. The van der Waals surface area contributed by atoms with Crippen LogP contribution in [0.4, 0.5) is 0 Å². The number of carbonyl (C=O) groups is 1. The van der Waals surface area contributed by atoms with Gasteiger partial charge >= 0.3 is 0 Å². The van der Waals surface area contributed by atoms with Crippen molar-refractivity contribution in [3.8, 4) is 0 Å². The van der Waals surface area contributed by atoms with Crippen LogP contribution in [-0.2, 0) is 4.79 Å². The van der Waals surface area contributed by atoms with E-state index in [1.54, 1.807) is 0 Å². The van der Waals surface area contributed by atoms with Crippen molar-refractivity contribution < 1.29 is 4.79 Å². The third-order valence-corrected chi connectivity index (χ3v) is 2.07. The second-order valence-electron chi connectivity index (χ2n) is 2.87. The van der Waals surface area contributed by atoms with Crippen LogP contribution in [0.1, 0.15) is 39.0 Å². The van der Waals surface area contributed by atoms with Crippen molar-refractivity contribution in [2.24, 2.45) is 5.92 Å². The van der Waals surface area contributed by atoms with Gasteiger partial charge in [0.05, 0.1) is 0 Å². The van der Waals surface area contributed by atoms with Gasteiger partial charge in [-0.3, -0.25) is 0 Å². The maximum Gasteiger partial charge on any atom is 0.123 e. The van der Waals surface area contributed by atoms with Gasteiger partial charge in [0.25, 0.3) is 0 Å². The molecule has 0 saturated heterocycles. The van der Waals surface area contributed by atoms with Crippen LogP contribution in [0.15, 0.2) is 0 Å². The highest BCUT2D eigenvalue weighted by Crippen LogP contribution is 2.11. The van der Waals surface area contributed by atoms with Crippen molar-refractivity contribution in [1.29, 1.82) is 0 Å². The monoisotopic (exact) mass is 176 g/mol. The molecular weight excluding hydrogens is 160 g/mol. The summed E-state index contributed by atoms with van der Waals surface area (Å²) in [5.74, 6) is 0.814. The molecule has 0 radical (unpaired) electrons. The average molecular weight is 177 g/mol. The van der Waals surface area contributed by atoms with E-state index in [9.17, 15) is 4.79 Å². The molecule has 2 heteroatoms.